The predicted molar refractivity (Wildman–Crippen MR) is 181 cm³/mol. The quantitative estimate of drug-likeness (QED) is 0.408. The highest BCUT2D eigenvalue weighted by Gasteiger charge is 2.35. The summed E-state index contributed by atoms with van der Waals surface area (Å²) in [4.78, 5) is 59.8. The number of halogens is 1. The van der Waals surface area contributed by atoms with Crippen LogP contribution in [0, 0.1) is 6.92 Å². The summed E-state index contributed by atoms with van der Waals surface area (Å²) in [6.07, 6.45) is 4.31. The third-order valence-electron chi connectivity index (χ3n) is 10.2. The molecule has 3 fully saturated rings. The molecular formula is C35H45ClN6O6. The summed E-state index contributed by atoms with van der Waals surface area (Å²) in [6.45, 7) is 7.96. The number of carbonyl (C=O) groups is 4. The van der Waals surface area contributed by atoms with E-state index >= 15 is 0 Å². The van der Waals surface area contributed by atoms with Gasteiger partial charge in [0.2, 0.25) is 5.91 Å². The van der Waals surface area contributed by atoms with Gasteiger partial charge in [0.25, 0.3) is 6.47 Å². The van der Waals surface area contributed by atoms with Crippen LogP contribution in [0.1, 0.15) is 42.4 Å². The Morgan fingerprint density at radius 2 is 1.73 bits per heavy atom. The minimum Gasteiger partial charge on any atom is -0.427 e. The van der Waals surface area contributed by atoms with Crippen molar-refractivity contribution in [3.63, 3.8) is 0 Å². The molecule has 0 bridgehead atoms. The van der Waals surface area contributed by atoms with Gasteiger partial charge < -0.3 is 34.8 Å². The van der Waals surface area contributed by atoms with Crippen molar-refractivity contribution in [1.82, 2.24) is 24.9 Å². The number of benzene rings is 2. The Balaban J connectivity index is 1.10. The number of rotatable bonds is 8. The average Bonchev–Trinajstić information content (AvgIpc) is 3.27. The summed E-state index contributed by atoms with van der Waals surface area (Å²) >= 11 is 6.45. The van der Waals surface area contributed by atoms with Gasteiger partial charge in [0.05, 0.1) is 5.02 Å². The van der Waals surface area contributed by atoms with Crippen LogP contribution in [-0.4, -0.2) is 121 Å². The summed E-state index contributed by atoms with van der Waals surface area (Å²) in [5.74, 6) is 0.143. The van der Waals surface area contributed by atoms with Crippen LogP contribution >= 0.6 is 11.6 Å². The van der Waals surface area contributed by atoms with E-state index < -0.39 is 6.04 Å². The third kappa shape index (κ3) is 7.88. The number of urea groups is 2. The van der Waals surface area contributed by atoms with Crippen molar-refractivity contribution in [2.75, 3.05) is 64.3 Å². The molecule has 48 heavy (non-hydrogen) atoms. The predicted octanol–water partition coefficient (Wildman–Crippen LogP) is 3.68. The number of anilines is 1. The number of amides is 5. The standard InChI is InChI=1S/C35H45ClN6O6/c1-24-20-25(21-29(36)32(24)48-23-43)22-31(33(44)40-16-14-39(15-17-40)27-9-18-47-19-10-27)38-34(45)41-11-7-28(8-12-41)42-13-6-26-4-2-3-5-30(26)37-35(42)46/h2-5,20-21,23,27-28,31H,6-19,22H2,1H3,(H,37,46)(H,38,45)/t31-/m1/s1. The fourth-order valence-corrected chi connectivity index (χ4v) is 7.82. The number of para-hydroxylation sites is 1. The molecule has 2 aromatic carbocycles. The first-order valence-corrected chi connectivity index (χ1v) is 17.4. The van der Waals surface area contributed by atoms with Gasteiger partial charge >= 0.3 is 12.1 Å². The lowest BCUT2D eigenvalue weighted by Gasteiger charge is -2.42. The summed E-state index contributed by atoms with van der Waals surface area (Å²) in [7, 11) is 0. The zero-order valence-corrected chi connectivity index (χ0v) is 28.3. The van der Waals surface area contributed by atoms with Crippen LogP contribution in [0.5, 0.6) is 5.75 Å². The van der Waals surface area contributed by atoms with Crippen LogP contribution in [0.3, 0.4) is 0 Å². The summed E-state index contributed by atoms with van der Waals surface area (Å²) in [5.41, 5.74) is 3.38. The lowest BCUT2D eigenvalue weighted by molar-refractivity contribution is -0.135. The van der Waals surface area contributed by atoms with Crippen molar-refractivity contribution in [3.8, 4) is 5.75 Å². The maximum absolute atomic E-state index is 14.1. The topological polar surface area (TPSA) is 124 Å². The zero-order valence-electron chi connectivity index (χ0n) is 27.5. The van der Waals surface area contributed by atoms with E-state index in [0.717, 1.165) is 62.4 Å². The zero-order chi connectivity index (χ0) is 33.6. The Morgan fingerprint density at radius 1 is 1.00 bits per heavy atom. The number of nitrogens with zero attached hydrogens (tertiary/aromatic N) is 4. The number of ether oxygens (including phenoxy) is 2. The fourth-order valence-electron chi connectivity index (χ4n) is 7.49. The maximum atomic E-state index is 14.1. The Labute approximate surface area is 286 Å². The van der Waals surface area contributed by atoms with Crippen molar-refractivity contribution < 1.29 is 28.7 Å². The number of hydrogen-bond donors (Lipinski definition) is 2. The van der Waals surface area contributed by atoms with Gasteiger partial charge in [0.1, 0.15) is 6.04 Å². The van der Waals surface area contributed by atoms with Gasteiger partial charge in [-0.3, -0.25) is 14.5 Å². The van der Waals surface area contributed by atoms with E-state index in [9.17, 15) is 19.2 Å². The van der Waals surface area contributed by atoms with E-state index in [2.05, 4.69) is 15.5 Å². The highest BCUT2D eigenvalue weighted by Crippen LogP contribution is 2.31. The van der Waals surface area contributed by atoms with E-state index in [0.29, 0.717) is 63.6 Å². The van der Waals surface area contributed by atoms with Gasteiger partial charge in [-0.25, -0.2) is 9.59 Å². The van der Waals surface area contributed by atoms with Crippen molar-refractivity contribution in [2.45, 2.75) is 63.6 Å². The Hall–Kier alpha value is -3.87. The van der Waals surface area contributed by atoms with Crippen LogP contribution in [0.15, 0.2) is 36.4 Å². The number of carbonyl (C=O) groups excluding carboxylic acids is 4. The van der Waals surface area contributed by atoms with Crippen LogP contribution in [0.4, 0.5) is 15.3 Å². The fraction of sp³-hybridized carbons (Fsp3) is 0.543. The Bertz CT molecular complexity index is 1460. The number of hydrogen-bond acceptors (Lipinski definition) is 7. The maximum Gasteiger partial charge on any atom is 0.322 e. The number of aryl methyl sites for hydroxylation is 1. The van der Waals surface area contributed by atoms with E-state index in [1.54, 1.807) is 17.9 Å². The number of fused-ring (bicyclic) bond motifs is 1. The van der Waals surface area contributed by atoms with Gasteiger partial charge in [-0.1, -0.05) is 35.9 Å². The van der Waals surface area contributed by atoms with E-state index in [1.165, 1.54) is 0 Å². The minimum atomic E-state index is -0.812. The lowest BCUT2D eigenvalue weighted by Crippen LogP contribution is -2.59. The second-order valence-electron chi connectivity index (χ2n) is 13.1. The molecule has 0 saturated carbocycles. The monoisotopic (exact) mass is 680 g/mol. The van der Waals surface area contributed by atoms with Crippen LogP contribution in [-0.2, 0) is 27.2 Å². The molecule has 13 heteroatoms. The number of piperazine rings is 1. The minimum absolute atomic E-state index is 0.0185. The van der Waals surface area contributed by atoms with Crippen LogP contribution in [0.2, 0.25) is 5.02 Å². The first-order valence-electron chi connectivity index (χ1n) is 17.0. The molecule has 0 aliphatic carbocycles. The SMILES string of the molecule is Cc1cc(C[C@@H](NC(=O)N2CCC(N3CCc4ccccc4NC3=O)CC2)C(=O)N2CCN(C3CCOCC3)CC2)cc(Cl)c1OC=O. The highest BCUT2D eigenvalue weighted by molar-refractivity contribution is 6.32. The van der Waals surface area contributed by atoms with Gasteiger partial charge in [0.15, 0.2) is 5.75 Å². The van der Waals surface area contributed by atoms with Gasteiger partial charge in [-0.05, 0) is 67.9 Å². The van der Waals surface area contributed by atoms with Gasteiger partial charge in [-0.2, -0.15) is 0 Å². The summed E-state index contributed by atoms with van der Waals surface area (Å²) in [6, 6.07) is 10.7. The van der Waals surface area contributed by atoms with Crippen molar-refractivity contribution >= 4 is 41.7 Å². The lowest BCUT2D eigenvalue weighted by atomic mass is 10.0. The normalized spacial score (nSPS) is 20.4. The molecule has 1 atom stereocenters. The van der Waals surface area contributed by atoms with Crippen molar-refractivity contribution in [3.05, 3.63) is 58.1 Å². The molecule has 0 aromatic heterocycles. The molecule has 0 unspecified atom stereocenters. The highest BCUT2D eigenvalue weighted by atomic mass is 35.5. The molecule has 4 aliphatic heterocycles. The molecule has 6 rings (SSSR count). The average molecular weight is 681 g/mol. The van der Waals surface area contributed by atoms with Crippen molar-refractivity contribution in [1.29, 1.82) is 0 Å². The second kappa shape index (κ2) is 15.6. The number of nitrogens with one attached hydrogen (secondary N) is 2. The molecule has 0 spiro atoms. The smallest absolute Gasteiger partial charge is 0.322 e. The molecule has 0 radical (unpaired) electrons. The Morgan fingerprint density at radius 3 is 2.44 bits per heavy atom. The van der Waals surface area contributed by atoms with E-state index in [1.807, 2.05) is 40.1 Å². The molecule has 4 heterocycles. The number of likely N-dealkylation sites (tertiary alicyclic amines) is 1. The molecule has 5 amide bonds. The van der Waals surface area contributed by atoms with Crippen LogP contribution in [0.25, 0.3) is 0 Å². The second-order valence-corrected chi connectivity index (χ2v) is 13.5. The van der Waals surface area contributed by atoms with Gasteiger partial charge in [0, 0.05) is 83.2 Å². The Kier molecular flexibility index (Phi) is 11.0. The summed E-state index contributed by atoms with van der Waals surface area (Å²) < 4.78 is 10.6. The molecular weight excluding hydrogens is 636 g/mol. The van der Waals surface area contributed by atoms with Crippen LogP contribution < -0.4 is 15.4 Å². The van der Waals surface area contributed by atoms with E-state index in [-0.39, 0.29) is 41.2 Å². The first kappa shape index (κ1) is 34.0. The summed E-state index contributed by atoms with van der Waals surface area (Å²) in [5, 5.41) is 6.36. The molecule has 2 N–H and O–H groups in total. The number of piperidine rings is 1. The van der Waals surface area contributed by atoms with Gasteiger partial charge in [-0.15, -0.1) is 0 Å². The third-order valence-corrected chi connectivity index (χ3v) is 10.4. The molecule has 12 nitrogen and oxygen atoms in total. The van der Waals surface area contributed by atoms with Crippen molar-refractivity contribution in [2.24, 2.45) is 0 Å². The molecule has 2 aromatic rings. The molecule has 4 aliphatic rings. The largest absolute Gasteiger partial charge is 0.427 e. The molecule has 3 saturated heterocycles. The van der Waals surface area contributed by atoms with E-state index in [4.69, 9.17) is 21.1 Å². The first-order chi connectivity index (χ1) is 23.3. The molecule has 258 valence electrons.